The van der Waals surface area contributed by atoms with Crippen LogP contribution in [0.4, 0.5) is 4.39 Å². The molecule has 1 heterocycles. The Kier molecular flexibility index (Phi) is 6.55. The third-order valence-corrected chi connectivity index (χ3v) is 8.61. The van der Waals surface area contributed by atoms with Gasteiger partial charge in [-0.25, -0.2) is 22.5 Å². The maximum atomic E-state index is 13.4. The number of carbonyl (C=O) groups is 1. The average Bonchev–Trinajstić information content (AvgIpc) is 2.83. The van der Waals surface area contributed by atoms with Gasteiger partial charge in [-0.3, -0.25) is 4.79 Å². The van der Waals surface area contributed by atoms with E-state index in [0.29, 0.717) is 31.2 Å². The minimum atomic E-state index is -3.76. The highest BCUT2D eigenvalue weighted by molar-refractivity contribution is 7.89. The van der Waals surface area contributed by atoms with Crippen molar-refractivity contribution in [3.63, 3.8) is 0 Å². The molecule has 178 valence electrons. The number of amides is 1. The summed E-state index contributed by atoms with van der Waals surface area (Å²) < 4.78 is 42.3. The largest absolute Gasteiger partial charge is 0.369 e. The first-order chi connectivity index (χ1) is 16.1. The number of halogens is 1. The molecule has 1 atom stereocenters. The molecule has 0 bridgehead atoms. The first-order valence-corrected chi connectivity index (χ1v) is 12.7. The molecule has 1 saturated carbocycles. The van der Waals surface area contributed by atoms with E-state index in [4.69, 9.17) is 5.73 Å². The van der Waals surface area contributed by atoms with Crippen molar-refractivity contribution < 1.29 is 17.6 Å². The molecule has 4 rings (SSSR count). The molecule has 1 fully saturated rings. The molecule has 0 saturated heterocycles. The third-order valence-electron chi connectivity index (χ3n) is 7.09. The van der Waals surface area contributed by atoms with E-state index < -0.39 is 21.3 Å². The van der Waals surface area contributed by atoms with Gasteiger partial charge >= 0.3 is 0 Å². The first-order valence-electron chi connectivity index (χ1n) is 11.3. The molecule has 34 heavy (non-hydrogen) atoms. The Balaban J connectivity index is 1.49. The van der Waals surface area contributed by atoms with Gasteiger partial charge in [0.15, 0.2) is 0 Å². The lowest BCUT2D eigenvalue weighted by Crippen LogP contribution is -2.48. The Labute approximate surface area is 199 Å². The van der Waals surface area contributed by atoms with Crippen molar-refractivity contribution in [1.29, 1.82) is 0 Å². The van der Waals surface area contributed by atoms with Gasteiger partial charge in [0.05, 0.1) is 21.5 Å². The van der Waals surface area contributed by atoms with Crippen molar-refractivity contribution in [3.05, 3.63) is 78.3 Å². The van der Waals surface area contributed by atoms with Crippen molar-refractivity contribution in [1.82, 2.24) is 9.71 Å². The van der Waals surface area contributed by atoms with E-state index in [1.165, 1.54) is 18.2 Å². The SMILES string of the molecule is C=Cc1ccc2cc(S(=O)(=O)NC3CCC(C(N)=O)([C@H](C)c4ccc(F)cc4)CC3)ccc2n1. The van der Waals surface area contributed by atoms with Gasteiger partial charge in [0.2, 0.25) is 15.9 Å². The van der Waals surface area contributed by atoms with Gasteiger partial charge in [0.25, 0.3) is 0 Å². The number of fused-ring (bicyclic) bond motifs is 1. The summed E-state index contributed by atoms with van der Waals surface area (Å²) in [4.78, 5) is 17.1. The average molecular weight is 482 g/mol. The Morgan fingerprint density at radius 2 is 1.85 bits per heavy atom. The fraction of sp³-hybridized carbons (Fsp3) is 0.308. The van der Waals surface area contributed by atoms with Crippen LogP contribution in [-0.4, -0.2) is 25.4 Å². The number of hydrogen-bond acceptors (Lipinski definition) is 4. The maximum absolute atomic E-state index is 13.4. The second-order valence-electron chi connectivity index (χ2n) is 8.98. The topological polar surface area (TPSA) is 102 Å². The van der Waals surface area contributed by atoms with Crippen LogP contribution in [0.1, 0.15) is 49.8 Å². The lowest BCUT2D eigenvalue weighted by Gasteiger charge is -2.42. The van der Waals surface area contributed by atoms with E-state index in [0.717, 1.165) is 16.6 Å². The molecule has 2 aromatic carbocycles. The van der Waals surface area contributed by atoms with Crippen molar-refractivity contribution >= 4 is 32.9 Å². The number of carbonyl (C=O) groups excluding carboxylic acids is 1. The summed E-state index contributed by atoms with van der Waals surface area (Å²) in [5, 5.41) is 0.720. The Hall–Kier alpha value is -3.10. The van der Waals surface area contributed by atoms with Gasteiger partial charge in [-0.1, -0.05) is 31.7 Å². The number of nitrogens with zero attached hydrogens (tertiary/aromatic N) is 1. The van der Waals surface area contributed by atoms with Crippen LogP contribution in [0.3, 0.4) is 0 Å². The van der Waals surface area contributed by atoms with Crippen molar-refractivity contribution in [2.45, 2.75) is 49.5 Å². The van der Waals surface area contributed by atoms with Gasteiger partial charge in [-0.05, 0) is 79.6 Å². The fourth-order valence-corrected chi connectivity index (χ4v) is 6.24. The Morgan fingerprint density at radius 1 is 1.18 bits per heavy atom. The van der Waals surface area contributed by atoms with Gasteiger partial charge < -0.3 is 5.73 Å². The summed E-state index contributed by atoms with van der Waals surface area (Å²) in [6.07, 6.45) is 3.48. The van der Waals surface area contributed by atoms with E-state index in [-0.39, 0.29) is 22.7 Å². The van der Waals surface area contributed by atoms with Gasteiger partial charge in [0, 0.05) is 11.4 Å². The molecule has 1 aliphatic rings. The van der Waals surface area contributed by atoms with Crippen LogP contribution in [0.15, 0.2) is 66.1 Å². The highest BCUT2D eigenvalue weighted by atomic mass is 32.2. The van der Waals surface area contributed by atoms with Crippen LogP contribution < -0.4 is 10.5 Å². The summed E-state index contributed by atoms with van der Waals surface area (Å²) in [7, 11) is -3.76. The molecule has 3 N–H and O–H groups in total. The second kappa shape index (κ2) is 9.27. The molecular weight excluding hydrogens is 453 g/mol. The van der Waals surface area contributed by atoms with Crippen LogP contribution in [0.2, 0.25) is 0 Å². The standard InChI is InChI=1S/C26H28FN3O3S/c1-3-21-9-6-19-16-23(10-11-24(19)29-21)34(32,33)30-22-12-14-26(15-13-22,25(28)31)17(2)18-4-7-20(27)8-5-18/h3-11,16-17,22,30H,1,12-15H2,2H3,(H2,28,31)/t17-,22?,26?/m1/s1. The molecule has 1 aromatic heterocycles. The lowest BCUT2D eigenvalue weighted by atomic mass is 9.63. The summed E-state index contributed by atoms with van der Waals surface area (Å²) in [5.41, 5.74) is 7.28. The van der Waals surface area contributed by atoms with Crippen LogP contribution in [0, 0.1) is 11.2 Å². The highest BCUT2D eigenvalue weighted by Gasteiger charge is 2.45. The maximum Gasteiger partial charge on any atom is 0.240 e. The van der Waals surface area contributed by atoms with E-state index in [1.807, 2.05) is 13.0 Å². The number of nitrogens with one attached hydrogen (secondary N) is 1. The number of hydrogen-bond donors (Lipinski definition) is 2. The normalized spacial score (nSPS) is 21.8. The minimum absolute atomic E-state index is 0.166. The molecule has 1 aliphatic carbocycles. The van der Waals surface area contributed by atoms with Gasteiger partial charge in [-0.2, -0.15) is 0 Å². The minimum Gasteiger partial charge on any atom is -0.369 e. The Bertz CT molecular complexity index is 1330. The first kappa shape index (κ1) is 24.0. The zero-order chi connectivity index (χ0) is 24.5. The summed E-state index contributed by atoms with van der Waals surface area (Å²) in [6, 6.07) is 14.2. The zero-order valence-corrected chi connectivity index (χ0v) is 19.8. The molecule has 1 amide bonds. The van der Waals surface area contributed by atoms with Crippen LogP contribution >= 0.6 is 0 Å². The highest BCUT2D eigenvalue weighted by Crippen LogP contribution is 2.47. The number of nitrogens with two attached hydrogens (primary N) is 1. The van der Waals surface area contributed by atoms with Gasteiger partial charge in [-0.15, -0.1) is 0 Å². The van der Waals surface area contributed by atoms with E-state index in [1.54, 1.807) is 36.4 Å². The quantitative estimate of drug-likeness (QED) is 0.518. The predicted octanol–water partition coefficient (Wildman–Crippen LogP) is 4.51. The van der Waals surface area contributed by atoms with E-state index in [2.05, 4.69) is 16.3 Å². The number of pyridine rings is 1. The summed E-state index contributed by atoms with van der Waals surface area (Å²) >= 11 is 0. The smallest absolute Gasteiger partial charge is 0.240 e. The Morgan fingerprint density at radius 3 is 2.47 bits per heavy atom. The molecule has 8 heteroatoms. The number of sulfonamides is 1. The van der Waals surface area contributed by atoms with Crippen molar-refractivity contribution in [2.75, 3.05) is 0 Å². The van der Waals surface area contributed by atoms with Gasteiger partial charge in [0.1, 0.15) is 5.82 Å². The van der Waals surface area contributed by atoms with Crippen LogP contribution in [0.25, 0.3) is 17.0 Å². The zero-order valence-electron chi connectivity index (χ0n) is 19.0. The molecule has 6 nitrogen and oxygen atoms in total. The lowest BCUT2D eigenvalue weighted by molar-refractivity contribution is -0.131. The second-order valence-corrected chi connectivity index (χ2v) is 10.7. The predicted molar refractivity (Wildman–Crippen MR) is 131 cm³/mol. The van der Waals surface area contributed by atoms with Crippen LogP contribution in [0.5, 0.6) is 0 Å². The monoisotopic (exact) mass is 481 g/mol. The van der Waals surface area contributed by atoms with Crippen molar-refractivity contribution in [2.24, 2.45) is 11.1 Å². The number of benzene rings is 2. The molecular formula is C26H28FN3O3S. The van der Waals surface area contributed by atoms with E-state index >= 15 is 0 Å². The number of primary amides is 1. The number of aromatic nitrogens is 1. The molecule has 0 radical (unpaired) electrons. The molecule has 3 aromatic rings. The molecule has 0 spiro atoms. The fourth-order valence-electron chi connectivity index (χ4n) is 4.90. The number of rotatable bonds is 7. The van der Waals surface area contributed by atoms with Crippen LogP contribution in [-0.2, 0) is 14.8 Å². The third kappa shape index (κ3) is 4.60. The van der Waals surface area contributed by atoms with E-state index in [9.17, 15) is 17.6 Å². The molecule has 0 aliphatic heterocycles. The summed E-state index contributed by atoms with van der Waals surface area (Å²) in [6.45, 7) is 5.62. The van der Waals surface area contributed by atoms with Crippen molar-refractivity contribution in [3.8, 4) is 0 Å². The summed E-state index contributed by atoms with van der Waals surface area (Å²) in [5.74, 6) is -0.962. The molecule has 0 unspecified atom stereocenters.